The smallest absolute Gasteiger partial charge is 0.238 e. The van der Waals surface area contributed by atoms with Crippen LogP contribution >= 0.6 is 23.2 Å². The fourth-order valence-corrected chi connectivity index (χ4v) is 5.18. The number of rotatable bonds is 3. The number of allylic oxidation sites excluding steroid dienone is 2. The second-order valence-corrected chi connectivity index (χ2v) is 9.73. The molecule has 30 heavy (non-hydrogen) atoms. The van der Waals surface area contributed by atoms with E-state index in [4.69, 9.17) is 28.3 Å². The van der Waals surface area contributed by atoms with E-state index in [1.807, 2.05) is 0 Å². The summed E-state index contributed by atoms with van der Waals surface area (Å²) >= 11 is 12.4. The minimum Gasteiger partial charge on any atom is -0.294 e. The lowest BCUT2D eigenvalue weighted by Gasteiger charge is -2.38. The molecule has 1 aliphatic heterocycles. The van der Waals surface area contributed by atoms with Gasteiger partial charge in [0, 0.05) is 45.8 Å². The van der Waals surface area contributed by atoms with Crippen molar-refractivity contribution in [2.45, 2.75) is 36.5 Å². The number of anilines is 1. The van der Waals surface area contributed by atoms with Gasteiger partial charge in [0.1, 0.15) is 0 Å². The number of sulfonamides is 1. The van der Waals surface area contributed by atoms with Crippen molar-refractivity contribution < 1.29 is 18.0 Å². The van der Waals surface area contributed by atoms with E-state index in [9.17, 15) is 18.0 Å². The predicted octanol–water partition coefficient (Wildman–Crippen LogP) is 4.17. The minimum atomic E-state index is -3.84. The zero-order valence-corrected chi connectivity index (χ0v) is 18.1. The average molecular weight is 465 g/mol. The molecule has 9 heteroatoms. The van der Waals surface area contributed by atoms with Crippen LogP contribution in [-0.4, -0.2) is 20.1 Å². The van der Waals surface area contributed by atoms with Crippen molar-refractivity contribution in [3.05, 3.63) is 69.3 Å². The normalized spacial score (nSPS) is 19.8. The average Bonchev–Trinajstić information content (AvgIpc) is 2.67. The molecule has 1 heterocycles. The third-order valence-electron chi connectivity index (χ3n) is 5.44. The molecule has 1 atom stereocenters. The third-order valence-corrected chi connectivity index (χ3v) is 6.93. The molecule has 2 N–H and O–H groups in total. The van der Waals surface area contributed by atoms with Crippen molar-refractivity contribution in [1.82, 2.24) is 0 Å². The van der Waals surface area contributed by atoms with Crippen LogP contribution in [0, 0.1) is 0 Å². The van der Waals surface area contributed by atoms with Gasteiger partial charge in [-0.2, -0.15) is 0 Å². The van der Waals surface area contributed by atoms with E-state index in [0.717, 1.165) is 0 Å². The van der Waals surface area contributed by atoms with Crippen LogP contribution in [0.2, 0.25) is 10.0 Å². The Bertz CT molecular complexity index is 1190. The molecule has 0 saturated heterocycles. The fourth-order valence-electron chi connectivity index (χ4n) is 4.13. The van der Waals surface area contributed by atoms with E-state index in [1.165, 1.54) is 29.2 Å². The maximum atomic E-state index is 13.2. The number of benzene rings is 2. The lowest BCUT2D eigenvalue weighted by atomic mass is 9.77. The molecule has 0 fully saturated rings. The van der Waals surface area contributed by atoms with E-state index in [2.05, 4.69) is 0 Å². The van der Waals surface area contributed by atoms with Crippen molar-refractivity contribution in [3.63, 3.8) is 0 Å². The van der Waals surface area contributed by atoms with Gasteiger partial charge in [-0.25, -0.2) is 13.6 Å². The van der Waals surface area contributed by atoms with Gasteiger partial charge in [-0.1, -0.05) is 29.3 Å². The Morgan fingerprint density at radius 3 is 2.33 bits per heavy atom. The van der Waals surface area contributed by atoms with Crippen molar-refractivity contribution in [2.24, 2.45) is 5.14 Å². The molecule has 0 bridgehead atoms. The molecule has 1 unspecified atom stereocenters. The minimum absolute atomic E-state index is 0.00840. The van der Waals surface area contributed by atoms with Gasteiger partial charge in [-0.15, -0.1) is 0 Å². The quantitative estimate of drug-likeness (QED) is 0.736. The predicted molar refractivity (Wildman–Crippen MR) is 115 cm³/mol. The molecule has 2 aliphatic rings. The number of amides is 1. The summed E-state index contributed by atoms with van der Waals surface area (Å²) in [6, 6.07) is 10.8. The van der Waals surface area contributed by atoms with Gasteiger partial charge in [0.2, 0.25) is 15.9 Å². The highest BCUT2D eigenvalue weighted by Gasteiger charge is 2.40. The van der Waals surface area contributed by atoms with Gasteiger partial charge < -0.3 is 0 Å². The summed E-state index contributed by atoms with van der Waals surface area (Å²) in [4.78, 5) is 27.5. The number of carbonyl (C=O) groups excluding carboxylic acids is 2. The number of Topliss-reactive ketones (excluding diaryl/α,β-unsaturated/α-hetero) is 1. The molecule has 0 aromatic heterocycles. The Labute approximate surface area is 184 Å². The number of nitrogens with two attached hydrogens (primary N) is 1. The van der Waals surface area contributed by atoms with Gasteiger partial charge in [-0.05, 0) is 54.8 Å². The fraction of sp³-hybridized carbons (Fsp3) is 0.238. The standard InChI is InChI=1S/C21H18Cl2N2O4S/c22-12-4-9-15(17(23)10-12)16-11-20(27)25(18-2-1-3-19(26)21(16)18)13-5-7-14(8-6-13)30(24,28)29/h4-10,16H,1-3,11H2,(H2,24,28,29). The van der Waals surface area contributed by atoms with Gasteiger partial charge in [-0.3, -0.25) is 14.5 Å². The molecule has 2 aromatic carbocycles. The molecule has 0 radical (unpaired) electrons. The van der Waals surface area contributed by atoms with Crippen LogP contribution in [0.4, 0.5) is 5.69 Å². The number of halogens is 2. The highest BCUT2D eigenvalue weighted by molar-refractivity contribution is 7.89. The topological polar surface area (TPSA) is 97.5 Å². The van der Waals surface area contributed by atoms with Gasteiger partial charge in [0.25, 0.3) is 0 Å². The van der Waals surface area contributed by atoms with Crippen molar-refractivity contribution in [2.75, 3.05) is 4.90 Å². The first-order chi connectivity index (χ1) is 14.2. The first-order valence-corrected chi connectivity index (χ1v) is 11.6. The number of nitrogens with zero attached hydrogens (tertiary/aromatic N) is 1. The number of ketones is 1. The van der Waals surface area contributed by atoms with Crippen molar-refractivity contribution >= 4 is 50.6 Å². The van der Waals surface area contributed by atoms with Crippen LogP contribution in [0.1, 0.15) is 37.2 Å². The Morgan fingerprint density at radius 2 is 1.70 bits per heavy atom. The van der Waals surface area contributed by atoms with E-state index in [0.29, 0.717) is 51.8 Å². The molecular weight excluding hydrogens is 447 g/mol. The summed E-state index contributed by atoms with van der Waals surface area (Å²) in [5.74, 6) is -0.640. The van der Waals surface area contributed by atoms with Crippen LogP contribution in [-0.2, 0) is 19.6 Å². The molecule has 4 rings (SSSR count). The second-order valence-electron chi connectivity index (χ2n) is 7.33. The van der Waals surface area contributed by atoms with Crippen LogP contribution in [0.3, 0.4) is 0 Å². The Morgan fingerprint density at radius 1 is 1.00 bits per heavy atom. The molecule has 6 nitrogen and oxygen atoms in total. The van der Waals surface area contributed by atoms with Crippen LogP contribution in [0.15, 0.2) is 58.6 Å². The maximum Gasteiger partial charge on any atom is 0.238 e. The summed E-state index contributed by atoms with van der Waals surface area (Å²) in [6.07, 6.45) is 1.68. The summed E-state index contributed by atoms with van der Waals surface area (Å²) in [5.41, 5.74) is 2.42. The Hall–Kier alpha value is -2.19. The summed E-state index contributed by atoms with van der Waals surface area (Å²) in [7, 11) is -3.84. The molecule has 2 aromatic rings. The van der Waals surface area contributed by atoms with E-state index in [1.54, 1.807) is 18.2 Å². The summed E-state index contributed by atoms with van der Waals surface area (Å²) in [5, 5.41) is 6.05. The largest absolute Gasteiger partial charge is 0.294 e. The highest BCUT2D eigenvalue weighted by atomic mass is 35.5. The zero-order valence-electron chi connectivity index (χ0n) is 15.8. The molecule has 0 saturated carbocycles. The third kappa shape index (κ3) is 3.78. The SMILES string of the molecule is NS(=O)(=O)c1ccc(N2C(=O)CC(c3ccc(Cl)cc3Cl)C3=C2CCCC3=O)cc1. The number of hydrogen-bond donors (Lipinski definition) is 1. The van der Waals surface area contributed by atoms with Crippen LogP contribution < -0.4 is 10.0 Å². The number of carbonyl (C=O) groups is 2. The first kappa shape index (κ1) is 21.1. The Kier molecular flexibility index (Phi) is 5.48. The van der Waals surface area contributed by atoms with Gasteiger partial charge >= 0.3 is 0 Å². The van der Waals surface area contributed by atoms with E-state index in [-0.39, 0.29) is 23.0 Å². The molecule has 0 spiro atoms. The molecule has 156 valence electrons. The summed E-state index contributed by atoms with van der Waals surface area (Å²) in [6.45, 7) is 0. The van der Waals surface area contributed by atoms with E-state index >= 15 is 0 Å². The monoisotopic (exact) mass is 464 g/mol. The van der Waals surface area contributed by atoms with Crippen molar-refractivity contribution in [1.29, 1.82) is 0 Å². The second kappa shape index (κ2) is 7.81. The number of hydrogen-bond acceptors (Lipinski definition) is 4. The van der Waals surface area contributed by atoms with E-state index < -0.39 is 15.9 Å². The van der Waals surface area contributed by atoms with Crippen LogP contribution in [0.5, 0.6) is 0 Å². The summed E-state index contributed by atoms with van der Waals surface area (Å²) < 4.78 is 23.1. The Balaban J connectivity index is 1.83. The highest BCUT2D eigenvalue weighted by Crippen LogP contribution is 2.45. The van der Waals surface area contributed by atoms with Crippen molar-refractivity contribution in [3.8, 4) is 0 Å². The first-order valence-electron chi connectivity index (χ1n) is 9.34. The number of primary sulfonamides is 1. The van der Waals surface area contributed by atoms with Crippen LogP contribution in [0.25, 0.3) is 0 Å². The lowest BCUT2D eigenvalue weighted by molar-refractivity contribution is -0.119. The lowest BCUT2D eigenvalue weighted by Crippen LogP contribution is -2.40. The molecule has 1 amide bonds. The van der Waals surface area contributed by atoms with Gasteiger partial charge in [0.05, 0.1) is 4.90 Å². The van der Waals surface area contributed by atoms with Gasteiger partial charge in [0.15, 0.2) is 5.78 Å². The maximum absolute atomic E-state index is 13.2. The molecular formula is C21H18Cl2N2O4S. The zero-order chi connectivity index (χ0) is 21.6. The molecule has 1 aliphatic carbocycles.